The molecular formula is C15H17F3N2O4. The zero-order valence-corrected chi connectivity index (χ0v) is 12.9. The van der Waals surface area contributed by atoms with Crippen molar-refractivity contribution in [3.05, 3.63) is 29.8 Å². The summed E-state index contributed by atoms with van der Waals surface area (Å²) in [6.07, 6.45) is -4.82. The fraction of sp³-hybridized carbons (Fsp3) is 0.467. The molecule has 6 nitrogen and oxygen atoms in total. The number of benzene rings is 1. The van der Waals surface area contributed by atoms with Crippen LogP contribution in [0.25, 0.3) is 0 Å². The number of nitrogens with zero attached hydrogens (tertiary/aromatic N) is 1. The van der Waals surface area contributed by atoms with Crippen molar-refractivity contribution in [2.24, 2.45) is 0 Å². The van der Waals surface area contributed by atoms with E-state index in [1.807, 2.05) is 0 Å². The van der Waals surface area contributed by atoms with Gasteiger partial charge in [0.1, 0.15) is 11.8 Å². The summed E-state index contributed by atoms with van der Waals surface area (Å²) in [5, 5.41) is 2.68. The predicted molar refractivity (Wildman–Crippen MR) is 77.0 cm³/mol. The van der Waals surface area contributed by atoms with E-state index in [-0.39, 0.29) is 18.1 Å². The largest absolute Gasteiger partial charge is 0.573 e. The minimum absolute atomic E-state index is 0.0857. The van der Waals surface area contributed by atoms with Crippen molar-refractivity contribution in [1.29, 1.82) is 0 Å². The highest BCUT2D eigenvalue weighted by molar-refractivity contribution is 5.87. The maximum atomic E-state index is 12.1. The zero-order valence-electron chi connectivity index (χ0n) is 12.9. The summed E-state index contributed by atoms with van der Waals surface area (Å²) < 4.78 is 44.8. The van der Waals surface area contributed by atoms with E-state index in [2.05, 4.69) is 14.8 Å². The number of hydrogen-bond acceptors (Lipinski definition) is 5. The van der Waals surface area contributed by atoms with Crippen molar-refractivity contribution >= 4 is 11.9 Å². The Hall–Kier alpha value is -2.29. The van der Waals surface area contributed by atoms with Gasteiger partial charge in [-0.05, 0) is 17.7 Å². The summed E-state index contributed by atoms with van der Waals surface area (Å²) in [6.45, 7) is 1.28. The first-order valence-corrected chi connectivity index (χ1v) is 7.22. The number of halogens is 3. The molecular weight excluding hydrogens is 329 g/mol. The molecule has 1 amide bonds. The van der Waals surface area contributed by atoms with Gasteiger partial charge in [0.2, 0.25) is 5.91 Å². The lowest BCUT2D eigenvalue weighted by Gasteiger charge is -2.34. The molecule has 1 aromatic carbocycles. The fourth-order valence-corrected chi connectivity index (χ4v) is 2.45. The molecule has 1 aliphatic rings. The van der Waals surface area contributed by atoms with Crippen LogP contribution < -0.4 is 10.1 Å². The maximum Gasteiger partial charge on any atom is 0.573 e. The first-order chi connectivity index (χ1) is 11.3. The molecule has 0 radical (unpaired) electrons. The summed E-state index contributed by atoms with van der Waals surface area (Å²) in [7, 11) is 1.24. The van der Waals surface area contributed by atoms with Gasteiger partial charge in [0.25, 0.3) is 0 Å². The number of piperazine rings is 1. The van der Waals surface area contributed by atoms with Crippen molar-refractivity contribution in [3.8, 4) is 5.75 Å². The van der Waals surface area contributed by atoms with Gasteiger partial charge in [0.05, 0.1) is 13.5 Å². The van der Waals surface area contributed by atoms with E-state index in [9.17, 15) is 22.8 Å². The molecule has 0 spiro atoms. The second kappa shape index (κ2) is 7.52. The number of ether oxygens (including phenoxy) is 2. The molecule has 1 fully saturated rings. The highest BCUT2D eigenvalue weighted by Gasteiger charge is 2.32. The van der Waals surface area contributed by atoms with Crippen LogP contribution in [0.5, 0.6) is 5.75 Å². The van der Waals surface area contributed by atoms with Crippen LogP contribution in [-0.4, -0.2) is 49.4 Å². The van der Waals surface area contributed by atoms with Crippen LogP contribution >= 0.6 is 0 Å². The van der Waals surface area contributed by atoms with Crippen LogP contribution in [0.3, 0.4) is 0 Å². The molecule has 0 bridgehead atoms. The average molecular weight is 346 g/mol. The molecule has 1 unspecified atom stereocenters. The Kier molecular flexibility index (Phi) is 5.66. The van der Waals surface area contributed by atoms with Gasteiger partial charge < -0.3 is 14.8 Å². The van der Waals surface area contributed by atoms with Crippen molar-refractivity contribution in [2.45, 2.75) is 25.4 Å². The smallest absolute Gasteiger partial charge is 0.469 e. The number of esters is 1. The summed E-state index contributed by atoms with van der Waals surface area (Å²) in [5.74, 6) is -1.09. The standard InChI is InChI=1S/C15H17F3N2O4/c1-23-13(21)8-12-14(22)19-6-7-20(12)9-10-2-4-11(5-3-10)24-15(16,17)18/h2-5,12H,6-9H2,1H3,(H,19,22). The Morgan fingerprint density at radius 1 is 1.33 bits per heavy atom. The Balaban J connectivity index is 2.04. The number of methoxy groups -OCH3 is 1. The third-order valence-electron chi connectivity index (χ3n) is 3.57. The topological polar surface area (TPSA) is 67.9 Å². The Morgan fingerprint density at radius 3 is 2.58 bits per heavy atom. The van der Waals surface area contributed by atoms with E-state index in [0.29, 0.717) is 25.2 Å². The first-order valence-electron chi connectivity index (χ1n) is 7.22. The lowest BCUT2D eigenvalue weighted by atomic mass is 10.1. The van der Waals surface area contributed by atoms with Crippen molar-refractivity contribution in [3.63, 3.8) is 0 Å². The van der Waals surface area contributed by atoms with Gasteiger partial charge >= 0.3 is 12.3 Å². The molecule has 1 heterocycles. The number of carbonyl (C=O) groups excluding carboxylic acids is 2. The molecule has 0 saturated carbocycles. The number of nitrogens with one attached hydrogen (secondary N) is 1. The summed E-state index contributed by atoms with van der Waals surface area (Å²) in [6, 6.07) is 4.73. The molecule has 9 heteroatoms. The molecule has 0 aromatic heterocycles. The van der Waals surface area contributed by atoms with Crippen LogP contribution in [-0.2, 0) is 20.9 Å². The average Bonchev–Trinajstić information content (AvgIpc) is 2.51. The molecule has 1 atom stereocenters. The van der Waals surface area contributed by atoms with Crippen molar-refractivity contribution in [1.82, 2.24) is 10.2 Å². The summed E-state index contributed by atoms with van der Waals surface area (Å²) >= 11 is 0. The summed E-state index contributed by atoms with van der Waals surface area (Å²) in [5.41, 5.74) is 0.703. The van der Waals surface area contributed by atoms with Gasteiger partial charge in [-0.2, -0.15) is 0 Å². The molecule has 0 aliphatic carbocycles. The summed E-state index contributed by atoms with van der Waals surface area (Å²) in [4.78, 5) is 25.2. The van der Waals surface area contributed by atoms with E-state index in [1.54, 1.807) is 4.90 Å². The van der Waals surface area contributed by atoms with E-state index in [1.165, 1.54) is 31.4 Å². The second-order valence-electron chi connectivity index (χ2n) is 5.25. The number of alkyl halides is 3. The van der Waals surface area contributed by atoms with Crippen molar-refractivity contribution in [2.75, 3.05) is 20.2 Å². The van der Waals surface area contributed by atoms with E-state index in [4.69, 9.17) is 0 Å². The predicted octanol–water partition coefficient (Wildman–Crippen LogP) is 1.45. The quantitative estimate of drug-likeness (QED) is 0.818. The van der Waals surface area contributed by atoms with E-state index in [0.717, 1.165) is 0 Å². The Labute approximate surface area is 136 Å². The van der Waals surface area contributed by atoms with E-state index >= 15 is 0 Å². The van der Waals surface area contributed by atoms with Crippen LogP contribution in [0, 0.1) is 0 Å². The Morgan fingerprint density at radius 2 is 2.00 bits per heavy atom. The number of carbonyl (C=O) groups is 2. The zero-order chi connectivity index (χ0) is 17.7. The highest BCUT2D eigenvalue weighted by atomic mass is 19.4. The van der Waals surface area contributed by atoms with Crippen LogP contribution in [0.1, 0.15) is 12.0 Å². The monoisotopic (exact) mass is 346 g/mol. The molecule has 1 saturated heterocycles. The minimum atomic E-state index is -4.74. The SMILES string of the molecule is COC(=O)CC1C(=O)NCCN1Cc1ccc(OC(F)(F)F)cc1. The van der Waals surface area contributed by atoms with Gasteiger partial charge in [0.15, 0.2) is 0 Å². The van der Waals surface area contributed by atoms with Gasteiger partial charge in [0, 0.05) is 19.6 Å². The van der Waals surface area contributed by atoms with Gasteiger partial charge in [-0.1, -0.05) is 12.1 Å². The van der Waals surface area contributed by atoms with Gasteiger partial charge in [-0.15, -0.1) is 13.2 Å². The lowest BCUT2D eigenvalue weighted by Crippen LogP contribution is -2.55. The second-order valence-corrected chi connectivity index (χ2v) is 5.25. The number of amides is 1. The molecule has 1 N–H and O–H groups in total. The minimum Gasteiger partial charge on any atom is -0.469 e. The number of hydrogen-bond donors (Lipinski definition) is 1. The molecule has 2 rings (SSSR count). The molecule has 1 aromatic rings. The maximum absolute atomic E-state index is 12.1. The molecule has 1 aliphatic heterocycles. The first kappa shape index (κ1) is 18.1. The third kappa shape index (κ3) is 5.12. The fourth-order valence-electron chi connectivity index (χ4n) is 2.45. The van der Waals surface area contributed by atoms with Crippen LogP contribution in [0.15, 0.2) is 24.3 Å². The molecule has 24 heavy (non-hydrogen) atoms. The lowest BCUT2D eigenvalue weighted by molar-refractivity contribution is -0.274. The highest BCUT2D eigenvalue weighted by Crippen LogP contribution is 2.23. The molecule has 132 valence electrons. The third-order valence-corrected chi connectivity index (χ3v) is 3.57. The van der Waals surface area contributed by atoms with Crippen LogP contribution in [0.4, 0.5) is 13.2 Å². The number of rotatable bonds is 5. The Bertz CT molecular complexity index is 589. The van der Waals surface area contributed by atoms with Gasteiger partial charge in [-0.25, -0.2) is 0 Å². The normalized spacial score (nSPS) is 18.8. The van der Waals surface area contributed by atoms with Crippen molar-refractivity contribution < 1.29 is 32.2 Å². The van der Waals surface area contributed by atoms with E-state index < -0.39 is 18.4 Å². The van der Waals surface area contributed by atoms with Crippen LogP contribution in [0.2, 0.25) is 0 Å². The van der Waals surface area contributed by atoms with Gasteiger partial charge in [-0.3, -0.25) is 14.5 Å².